The second-order valence-corrected chi connectivity index (χ2v) is 3.64. The van der Waals surface area contributed by atoms with E-state index in [1.165, 1.54) is 4.90 Å². The number of nitrogens with one attached hydrogen (secondary N) is 1. The van der Waals surface area contributed by atoms with Gasteiger partial charge >= 0.3 is 12.0 Å². The molecule has 0 bridgehead atoms. The molecule has 1 rings (SSSR count). The second kappa shape index (κ2) is 6.38. The zero-order valence-corrected chi connectivity index (χ0v) is 9.20. The number of hydrogen-bond donors (Lipinski definition) is 4. The van der Waals surface area contributed by atoms with Gasteiger partial charge < -0.3 is 30.3 Å². The normalized spacial score (nSPS) is 22.0. The van der Waals surface area contributed by atoms with Crippen molar-refractivity contribution in [2.24, 2.45) is 0 Å². The van der Waals surface area contributed by atoms with Gasteiger partial charge in [-0.25, -0.2) is 9.59 Å². The number of carboxylic acids is 1. The van der Waals surface area contributed by atoms with Crippen molar-refractivity contribution in [1.82, 2.24) is 10.2 Å². The lowest BCUT2D eigenvalue weighted by Crippen LogP contribution is -2.54. The highest BCUT2D eigenvalue weighted by atomic mass is 16.5. The number of aliphatic hydroxyl groups is 2. The Morgan fingerprint density at radius 3 is 2.71 bits per heavy atom. The molecule has 2 amide bonds. The Bertz CT molecular complexity index is 285. The summed E-state index contributed by atoms with van der Waals surface area (Å²) >= 11 is 0. The lowest BCUT2D eigenvalue weighted by atomic mass is 10.3. The highest BCUT2D eigenvalue weighted by Crippen LogP contribution is 2.05. The molecule has 0 aromatic heterocycles. The molecule has 2 atom stereocenters. The van der Waals surface area contributed by atoms with Crippen LogP contribution in [0.4, 0.5) is 4.79 Å². The van der Waals surface area contributed by atoms with Crippen molar-refractivity contribution in [3.63, 3.8) is 0 Å². The summed E-state index contributed by atoms with van der Waals surface area (Å²) in [6.07, 6.45) is -0.452. The SMILES string of the molecule is O=C(O)[C@@H](CO)NC(=O)N1CCOC(CO)C1. The van der Waals surface area contributed by atoms with Crippen LogP contribution in [0.2, 0.25) is 0 Å². The molecule has 98 valence electrons. The molecule has 0 aromatic rings. The smallest absolute Gasteiger partial charge is 0.328 e. The van der Waals surface area contributed by atoms with Gasteiger partial charge in [-0.1, -0.05) is 0 Å². The summed E-state index contributed by atoms with van der Waals surface area (Å²) in [4.78, 5) is 23.6. The van der Waals surface area contributed by atoms with E-state index in [2.05, 4.69) is 5.32 Å². The fraction of sp³-hybridized carbons (Fsp3) is 0.778. The molecule has 0 aromatic carbocycles. The van der Waals surface area contributed by atoms with Crippen LogP contribution in [0.15, 0.2) is 0 Å². The molecular formula is C9H16N2O6. The van der Waals surface area contributed by atoms with Crippen LogP contribution in [0.25, 0.3) is 0 Å². The first-order valence-corrected chi connectivity index (χ1v) is 5.20. The van der Waals surface area contributed by atoms with Gasteiger partial charge in [-0.2, -0.15) is 0 Å². The molecule has 1 aliphatic heterocycles. The number of urea groups is 1. The highest BCUT2D eigenvalue weighted by Gasteiger charge is 2.26. The third-order valence-electron chi connectivity index (χ3n) is 2.41. The van der Waals surface area contributed by atoms with Gasteiger partial charge in [-0.3, -0.25) is 0 Å². The number of ether oxygens (including phenoxy) is 1. The van der Waals surface area contributed by atoms with Gasteiger partial charge in [0.1, 0.15) is 0 Å². The summed E-state index contributed by atoms with van der Waals surface area (Å²) < 4.78 is 5.15. The van der Waals surface area contributed by atoms with Crippen molar-refractivity contribution in [2.45, 2.75) is 12.1 Å². The van der Waals surface area contributed by atoms with E-state index in [0.29, 0.717) is 6.54 Å². The Labute approximate surface area is 97.8 Å². The molecule has 1 aliphatic rings. The fourth-order valence-corrected chi connectivity index (χ4v) is 1.44. The number of carbonyl (C=O) groups excluding carboxylic acids is 1. The molecule has 0 spiro atoms. The standard InChI is InChI=1S/C9H16N2O6/c12-4-6-3-11(1-2-17-6)9(16)10-7(5-13)8(14)15/h6-7,12-13H,1-5H2,(H,10,16)(H,14,15)/t6?,7-/m1/s1. The van der Waals surface area contributed by atoms with Gasteiger partial charge in [0.05, 0.1) is 32.5 Å². The molecule has 1 unspecified atom stereocenters. The third kappa shape index (κ3) is 3.84. The summed E-state index contributed by atoms with van der Waals surface area (Å²) in [6, 6.07) is -1.91. The van der Waals surface area contributed by atoms with E-state index in [1.807, 2.05) is 0 Å². The van der Waals surface area contributed by atoms with Crippen molar-refractivity contribution < 1.29 is 29.6 Å². The van der Waals surface area contributed by atoms with Gasteiger partial charge in [-0.05, 0) is 0 Å². The van der Waals surface area contributed by atoms with E-state index < -0.39 is 30.8 Å². The Morgan fingerprint density at radius 2 is 2.18 bits per heavy atom. The zero-order chi connectivity index (χ0) is 12.8. The maximum atomic E-state index is 11.6. The van der Waals surface area contributed by atoms with E-state index in [-0.39, 0.29) is 19.8 Å². The van der Waals surface area contributed by atoms with Gasteiger partial charge in [-0.15, -0.1) is 0 Å². The van der Waals surface area contributed by atoms with E-state index in [4.69, 9.17) is 20.1 Å². The van der Waals surface area contributed by atoms with Crippen molar-refractivity contribution in [2.75, 3.05) is 32.9 Å². The Balaban J connectivity index is 2.48. The first kappa shape index (κ1) is 13.7. The molecule has 8 heteroatoms. The molecule has 4 N–H and O–H groups in total. The van der Waals surface area contributed by atoms with Crippen LogP contribution < -0.4 is 5.32 Å². The van der Waals surface area contributed by atoms with E-state index in [1.54, 1.807) is 0 Å². The van der Waals surface area contributed by atoms with E-state index in [9.17, 15) is 9.59 Å². The Kier molecular flexibility index (Phi) is 5.13. The first-order valence-electron chi connectivity index (χ1n) is 5.20. The molecule has 17 heavy (non-hydrogen) atoms. The number of nitrogens with zero attached hydrogens (tertiary/aromatic N) is 1. The predicted molar refractivity (Wildman–Crippen MR) is 55.4 cm³/mol. The summed E-state index contributed by atoms with van der Waals surface area (Å²) in [5.74, 6) is -1.30. The molecule has 8 nitrogen and oxygen atoms in total. The maximum absolute atomic E-state index is 11.6. The molecule has 0 saturated carbocycles. The van der Waals surface area contributed by atoms with Crippen molar-refractivity contribution >= 4 is 12.0 Å². The number of hydrogen-bond acceptors (Lipinski definition) is 5. The Morgan fingerprint density at radius 1 is 1.47 bits per heavy atom. The average molecular weight is 248 g/mol. The van der Waals surface area contributed by atoms with Crippen LogP contribution in [0.5, 0.6) is 0 Å². The predicted octanol–water partition coefficient (Wildman–Crippen LogP) is -2.17. The monoisotopic (exact) mass is 248 g/mol. The third-order valence-corrected chi connectivity index (χ3v) is 2.41. The van der Waals surface area contributed by atoms with Crippen LogP contribution in [0, 0.1) is 0 Å². The Hall–Kier alpha value is -1.38. The summed E-state index contributed by atoms with van der Waals surface area (Å²) in [5.41, 5.74) is 0. The van der Waals surface area contributed by atoms with Gasteiger partial charge in [0.2, 0.25) is 0 Å². The van der Waals surface area contributed by atoms with Crippen molar-refractivity contribution in [1.29, 1.82) is 0 Å². The first-order chi connectivity index (χ1) is 8.08. The minimum absolute atomic E-state index is 0.195. The molecule has 0 aliphatic carbocycles. The molecule has 0 radical (unpaired) electrons. The van der Waals surface area contributed by atoms with Crippen LogP contribution >= 0.6 is 0 Å². The summed E-state index contributed by atoms with van der Waals surface area (Å²) in [6.45, 7) is -0.0727. The summed E-state index contributed by atoms with van der Waals surface area (Å²) in [7, 11) is 0. The maximum Gasteiger partial charge on any atom is 0.328 e. The number of carbonyl (C=O) groups is 2. The van der Waals surface area contributed by atoms with E-state index >= 15 is 0 Å². The highest BCUT2D eigenvalue weighted by molar-refractivity contribution is 5.82. The molecule has 1 fully saturated rings. The van der Waals surface area contributed by atoms with E-state index in [0.717, 1.165) is 0 Å². The van der Waals surface area contributed by atoms with Gasteiger partial charge in [0, 0.05) is 6.54 Å². The van der Waals surface area contributed by atoms with Crippen LogP contribution in [0.3, 0.4) is 0 Å². The molecule has 1 saturated heterocycles. The average Bonchev–Trinajstić information content (AvgIpc) is 2.35. The summed E-state index contributed by atoms with van der Waals surface area (Å²) in [5, 5.41) is 28.5. The minimum Gasteiger partial charge on any atom is -0.480 e. The van der Waals surface area contributed by atoms with Gasteiger partial charge in [0.15, 0.2) is 6.04 Å². The lowest BCUT2D eigenvalue weighted by Gasteiger charge is -2.32. The van der Waals surface area contributed by atoms with Crippen molar-refractivity contribution in [3.8, 4) is 0 Å². The van der Waals surface area contributed by atoms with Crippen LogP contribution in [-0.2, 0) is 9.53 Å². The zero-order valence-electron chi connectivity index (χ0n) is 9.20. The molecular weight excluding hydrogens is 232 g/mol. The fourth-order valence-electron chi connectivity index (χ4n) is 1.44. The number of aliphatic hydroxyl groups excluding tert-OH is 2. The molecule has 1 heterocycles. The largest absolute Gasteiger partial charge is 0.480 e. The second-order valence-electron chi connectivity index (χ2n) is 3.64. The lowest BCUT2D eigenvalue weighted by molar-refractivity contribution is -0.140. The van der Waals surface area contributed by atoms with Crippen molar-refractivity contribution in [3.05, 3.63) is 0 Å². The number of morpholine rings is 1. The topological polar surface area (TPSA) is 119 Å². The van der Waals surface area contributed by atoms with Crippen LogP contribution in [0.1, 0.15) is 0 Å². The number of amides is 2. The van der Waals surface area contributed by atoms with Gasteiger partial charge in [0.25, 0.3) is 0 Å². The number of rotatable bonds is 4. The number of carboxylic acid groups (broad SMARTS) is 1. The number of aliphatic carboxylic acids is 1. The quantitative estimate of drug-likeness (QED) is 0.449. The minimum atomic E-state index is -1.32. The van der Waals surface area contributed by atoms with Crippen LogP contribution in [-0.4, -0.2) is 77.3 Å².